The van der Waals surface area contributed by atoms with Crippen molar-refractivity contribution in [1.82, 2.24) is 4.90 Å². The first-order chi connectivity index (χ1) is 27.2. The Morgan fingerprint density at radius 3 is 2.07 bits per heavy atom. The third kappa shape index (κ3) is 7.29. The molecule has 7 rings (SSSR count). The van der Waals surface area contributed by atoms with Crippen molar-refractivity contribution in [3.8, 4) is 11.5 Å². The van der Waals surface area contributed by atoms with Gasteiger partial charge in [0.1, 0.15) is 6.10 Å². The Kier molecular flexibility index (Phi) is 11.4. The van der Waals surface area contributed by atoms with Crippen molar-refractivity contribution in [2.45, 2.75) is 122 Å². The minimum absolute atomic E-state index is 0.180. The molecule has 57 heavy (non-hydrogen) atoms. The summed E-state index contributed by atoms with van der Waals surface area (Å²) in [6.45, 7) is 10.6. The smallest absolute Gasteiger partial charge is 0.343 e. The number of ether oxygens (including phenoxy) is 8. The number of esters is 5. The van der Waals surface area contributed by atoms with E-state index in [0.717, 1.165) is 44.0 Å². The highest BCUT2D eigenvalue weighted by molar-refractivity contribution is 5.91. The molecule has 2 aromatic rings. The lowest BCUT2D eigenvalue weighted by Gasteiger charge is -2.59. The molecule has 14 nitrogen and oxygen atoms in total. The molecule has 0 aromatic heterocycles. The molecule has 308 valence electrons. The molecule has 14 heteroatoms. The number of nitrogens with zero attached hydrogens (tertiary/aromatic N) is 1. The van der Waals surface area contributed by atoms with Gasteiger partial charge in [0.2, 0.25) is 0 Å². The summed E-state index contributed by atoms with van der Waals surface area (Å²) in [6, 6.07) is 12.8. The molecule has 0 unspecified atom stereocenters. The van der Waals surface area contributed by atoms with Gasteiger partial charge in [0, 0.05) is 17.0 Å². The molecule has 1 spiro atoms. The van der Waals surface area contributed by atoms with Crippen LogP contribution in [0, 0.1) is 23.7 Å². The number of hydrogen-bond donors (Lipinski definition) is 0. The van der Waals surface area contributed by atoms with Gasteiger partial charge in [0.05, 0.1) is 36.5 Å². The second-order valence-corrected chi connectivity index (χ2v) is 16.7. The molecule has 2 aromatic carbocycles. The first-order valence-electron chi connectivity index (χ1n) is 20.0. The average Bonchev–Trinajstić information content (AvgIpc) is 3.54. The summed E-state index contributed by atoms with van der Waals surface area (Å²) >= 11 is 0. The molecule has 2 saturated heterocycles. The van der Waals surface area contributed by atoms with Crippen LogP contribution in [-0.2, 0) is 59.4 Å². The highest BCUT2D eigenvalue weighted by Gasteiger charge is 2.67. The van der Waals surface area contributed by atoms with Crippen molar-refractivity contribution in [3.63, 3.8) is 0 Å². The van der Waals surface area contributed by atoms with Crippen LogP contribution in [0.25, 0.3) is 0 Å². The molecule has 0 radical (unpaired) electrons. The van der Waals surface area contributed by atoms with Gasteiger partial charge in [0.25, 0.3) is 0 Å². The van der Waals surface area contributed by atoms with Crippen LogP contribution in [0.15, 0.2) is 42.5 Å². The summed E-state index contributed by atoms with van der Waals surface area (Å²) in [5, 5.41) is 0. The molecule has 0 N–H and O–H groups in total. The number of piperidine rings is 1. The van der Waals surface area contributed by atoms with Crippen LogP contribution in [0.5, 0.6) is 11.5 Å². The maximum absolute atomic E-state index is 13.5. The Hall–Kier alpha value is -4.53. The zero-order valence-electron chi connectivity index (χ0n) is 33.8. The van der Waals surface area contributed by atoms with Crippen LogP contribution in [0.3, 0.4) is 0 Å². The zero-order chi connectivity index (χ0) is 40.9. The van der Waals surface area contributed by atoms with Gasteiger partial charge in [-0.25, -0.2) is 9.59 Å². The number of methoxy groups -OCH3 is 1. The summed E-state index contributed by atoms with van der Waals surface area (Å²) in [7, 11) is 3.30. The molecule has 3 heterocycles. The van der Waals surface area contributed by atoms with Gasteiger partial charge in [0.15, 0.2) is 42.2 Å². The zero-order valence-corrected chi connectivity index (χ0v) is 33.8. The van der Waals surface area contributed by atoms with Gasteiger partial charge in [-0.1, -0.05) is 65.8 Å². The predicted octanol–water partition coefficient (Wildman–Crippen LogP) is 4.56. The predicted molar refractivity (Wildman–Crippen MR) is 201 cm³/mol. The van der Waals surface area contributed by atoms with E-state index in [1.54, 1.807) is 71.9 Å². The third-order valence-corrected chi connectivity index (χ3v) is 12.1. The fourth-order valence-corrected chi connectivity index (χ4v) is 9.23. The maximum atomic E-state index is 13.5. The lowest BCUT2D eigenvalue weighted by molar-refractivity contribution is -0.321. The summed E-state index contributed by atoms with van der Waals surface area (Å²) in [6.07, 6.45) is -6.17. The molecule has 3 aliphatic heterocycles. The Labute approximate surface area is 332 Å². The highest BCUT2D eigenvalue weighted by atomic mass is 16.7. The maximum Gasteiger partial charge on any atom is 0.343 e. The van der Waals surface area contributed by atoms with Gasteiger partial charge in [-0.3, -0.25) is 14.4 Å². The fourth-order valence-electron chi connectivity index (χ4n) is 9.23. The largest absolute Gasteiger partial charge is 0.483 e. The number of benzene rings is 2. The number of hydrogen-bond acceptors (Lipinski definition) is 14. The van der Waals surface area contributed by atoms with E-state index in [2.05, 4.69) is 11.9 Å². The Balaban J connectivity index is 1.29. The topological polar surface area (TPSA) is 162 Å². The minimum atomic E-state index is -1.61. The lowest BCUT2D eigenvalue weighted by Crippen LogP contribution is -2.68. The van der Waals surface area contributed by atoms with Crippen LogP contribution in [0.2, 0.25) is 0 Å². The highest BCUT2D eigenvalue weighted by Crippen LogP contribution is 2.64. The summed E-state index contributed by atoms with van der Waals surface area (Å²) < 4.78 is 49.2. The van der Waals surface area contributed by atoms with Crippen molar-refractivity contribution in [2.24, 2.45) is 23.7 Å². The van der Waals surface area contributed by atoms with Crippen LogP contribution >= 0.6 is 0 Å². The van der Waals surface area contributed by atoms with Crippen LogP contribution in [-0.4, -0.2) is 104 Å². The molecule has 10 atom stereocenters. The molecule has 5 aliphatic rings. The van der Waals surface area contributed by atoms with Crippen LogP contribution < -0.4 is 9.47 Å². The molecule has 0 amide bonds. The van der Waals surface area contributed by atoms with Gasteiger partial charge in [-0.05, 0) is 69.0 Å². The van der Waals surface area contributed by atoms with Crippen molar-refractivity contribution >= 4 is 29.8 Å². The van der Waals surface area contributed by atoms with Gasteiger partial charge in [-0.15, -0.1) is 0 Å². The van der Waals surface area contributed by atoms with Gasteiger partial charge < -0.3 is 42.8 Å². The summed E-state index contributed by atoms with van der Waals surface area (Å²) in [5.41, 5.74) is 1.99. The second kappa shape index (κ2) is 16.0. The van der Waals surface area contributed by atoms with E-state index in [4.69, 9.17) is 37.9 Å². The van der Waals surface area contributed by atoms with Crippen molar-refractivity contribution in [3.05, 3.63) is 59.2 Å². The Morgan fingerprint density at radius 1 is 0.807 bits per heavy atom. The number of likely N-dealkylation sites (N-methyl/N-ethyl adjacent to an activating group) is 1. The van der Waals surface area contributed by atoms with Gasteiger partial charge in [-0.2, -0.15) is 0 Å². The van der Waals surface area contributed by atoms with Crippen LogP contribution in [0.4, 0.5) is 0 Å². The summed E-state index contributed by atoms with van der Waals surface area (Å²) in [5.74, 6) is -4.34. The molecule has 2 aliphatic carbocycles. The third-order valence-electron chi connectivity index (χ3n) is 12.1. The van der Waals surface area contributed by atoms with E-state index in [9.17, 15) is 24.0 Å². The number of carbonyl (C=O) groups excluding carboxylic acids is 5. The van der Waals surface area contributed by atoms with Crippen molar-refractivity contribution in [2.75, 3.05) is 20.7 Å². The molecule has 3 fully saturated rings. The van der Waals surface area contributed by atoms with E-state index in [1.165, 1.54) is 0 Å². The number of rotatable bonds is 11. The second-order valence-electron chi connectivity index (χ2n) is 16.7. The monoisotopic (exact) mass is 791 g/mol. The molecule has 2 bridgehead atoms. The minimum Gasteiger partial charge on any atom is -0.483 e. The van der Waals surface area contributed by atoms with E-state index in [1.807, 2.05) is 12.1 Å². The number of likely N-dealkylation sites (tertiary alicyclic amines) is 1. The molecule has 1 saturated carbocycles. The van der Waals surface area contributed by atoms with Crippen LogP contribution in [0.1, 0.15) is 82.3 Å². The Morgan fingerprint density at radius 2 is 1.44 bits per heavy atom. The first-order valence-corrected chi connectivity index (χ1v) is 20.0. The number of carbonyl (C=O) groups is 5. The van der Waals surface area contributed by atoms with E-state index in [0.29, 0.717) is 23.5 Å². The first kappa shape index (κ1) is 40.7. The SMILES string of the molecule is COC(=O)[C@H]1O[C@@H](O[C@H]2CC[C@H]3[C@H]4Cc5ccc(OC(=O)c6ccccc6)c6c5[C@@]3(CCN4C)[C@H]2O6)[C@H](OC(=O)C(C)C)[C@@H](OC(=O)C(C)C)[C@@H]1OC(=O)C(C)C. The molecular weight excluding hydrogens is 738 g/mol. The van der Waals surface area contributed by atoms with E-state index < -0.39 is 95.9 Å². The van der Waals surface area contributed by atoms with E-state index >= 15 is 0 Å². The quantitative estimate of drug-likeness (QED) is 0.177. The van der Waals surface area contributed by atoms with Crippen molar-refractivity contribution in [1.29, 1.82) is 0 Å². The van der Waals surface area contributed by atoms with E-state index in [-0.39, 0.29) is 12.0 Å². The van der Waals surface area contributed by atoms with Crippen molar-refractivity contribution < 1.29 is 61.9 Å². The summed E-state index contributed by atoms with van der Waals surface area (Å²) in [4.78, 5) is 69.1. The fraction of sp³-hybridized carbons (Fsp3) is 0.605. The molecular formula is C43H53NO13. The lowest BCUT2D eigenvalue weighted by atomic mass is 9.51. The Bertz CT molecular complexity index is 1880. The average molecular weight is 792 g/mol. The standard InChI is InChI=1S/C43H53NO13/c1-21(2)37(45)54-32-33(55-38(46)22(3)4)35(56-39(47)23(5)6)42(57-34(32)41(49)50-8)52-29-17-15-26-27-20-25-14-16-28(51-40(48)24-12-10-9-11-13-24)31-30(25)43(26,36(29)53-31)18-19-44(27)7/h9-14,16,21-23,26-27,29,32-36,42H,15,17-20H2,1-8H3/t26-,27+,29-,32-,33-,34-,35+,36-,42+,43-/m0/s1. The van der Waals surface area contributed by atoms with Gasteiger partial charge >= 0.3 is 29.8 Å². The normalized spacial score (nSPS) is 31.2.